The molecule has 21 heavy (non-hydrogen) atoms. The second kappa shape index (κ2) is 7.72. The lowest BCUT2D eigenvalue weighted by atomic mass is 9.98. The number of hydrogen-bond acceptors (Lipinski definition) is 4. The van der Waals surface area contributed by atoms with Gasteiger partial charge < -0.3 is 5.32 Å². The zero-order chi connectivity index (χ0) is 15.3. The largest absolute Gasteiger partial charge is 0.317 e. The highest BCUT2D eigenvalue weighted by Gasteiger charge is 2.28. The van der Waals surface area contributed by atoms with Crippen LogP contribution in [0, 0.1) is 5.92 Å². The molecule has 0 aromatic carbocycles. The summed E-state index contributed by atoms with van der Waals surface area (Å²) in [7, 11) is -3.32. The summed E-state index contributed by atoms with van der Waals surface area (Å²) in [4.78, 5) is 1.13. The smallest absolute Gasteiger partial charge is 0.252 e. The van der Waals surface area contributed by atoms with Crippen LogP contribution in [0.5, 0.6) is 0 Å². The van der Waals surface area contributed by atoms with Crippen LogP contribution in [0.2, 0.25) is 0 Å². The average Bonchev–Trinajstić information content (AvgIpc) is 2.97. The number of rotatable bonds is 7. The molecule has 0 bridgehead atoms. The molecule has 1 aromatic rings. The minimum atomic E-state index is -3.32. The Balaban J connectivity index is 2.14. The van der Waals surface area contributed by atoms with Gasteiger partial charge in [-0.3, -0.25) is 0 Å². The predicted octanol–water partition coefficient (Wildman–Crippen LogP) is 2.71. The lowest BCUT2D eigenvalue weighted by Crippen LogP contribution is -2.39. The standard InChI is InChI=1S/C15H26N2O2S2/c1-3-11-17(12-13-7-9-16-10-8-13)21(18,19)15-6-5-14(4-2)20-15/h5-6,13,16H,3-4,7-12H2,1-2H3. The first-order valence-corrected chi connectivity index (χ1v) is 10.1. The van der Waals surface area contributed by atoms with E-state index in [1.807, 2.05) is 13.0 Å². The van der Waals surface area contributed by atoms with E-state index in [1.54, 1.807) is 10.4 Å². The number of nitrogens with one attached hydrogen (secondary N) is 1. The molecule has 0 radical (unpaired) electrons. The molecular weight excluding hydrogens is 304 g/mol. The van der Waals surface area contributed by atoms with Gasteiger partial charge in [-0.2, -0.15) is 4.31 Å². The summed E-state index contributed by atoms with van der Waals surface area (Å²) in [6.07, 6.45) is 3.89. The molecule has 6 heteroatoms. The summed E-state index contributed by atoms with van der Waals surface area (Å²) in [5, 5.41) is 3.34. The fourth-order valence-corrected chi connectivity index (χ4v) is 5.78. The van der Waals surface area contributed by atoms with Crippen LogP contribution in [0.4, 0.5) is 0 Å². The number of nitrogens with zero attached hydrogens (tertiary/aromatic N) is 1. The molecule has 1 fully saturated rings. The number of thiophene rings is 1. The minimum absolute atomic E-state index is 0.484. The molecule has 2 heterocycles. The summed E-state index contributed by atoms with van der Waals surface area (Å²) in [5.41, 5.74) is 0. The van der Waals surface area contributed by atoms with Gasteiger partial charge in [-0.25, -0.2) is 8.42 Å². The molecule has 4 nitrogen and oxygen atoms in total. The molecule has 0 saturated carbocycles. The van der Waals surface area contributed by atoms with E-state index in [0.717, 1.165) is 43.6 Å². The zero-order valence-electron chi connectivity index (χ0n) is 13.0. The zero-order valence-corrected chi connectivity index (χ0v) is 14.6. The van der Waals surface area contributed by atoms with Gasteiger partial charge in [0.1, 0.15) is 4.21 Å². The molecule has 0 atom stereocenters. The van der Waals surface area contributed by atoms with E-state index >= 15 is 0 Å². The van der Waals surface area contributed by atoms with Crippen molar-refractivity contribution in [3.05, 3.63) is 17.0 Å². The van der Waals surface area contributed by atoms with Crippen molar-refractivity contribution in [1.29, 1.82) is 0 Å². The fraction of sp³-hybridized carbons (Fsp3) is 0.733. The van der Waals surface area contributed by atoms with Crippen molar-refractivity contribution in [2.75, 3.05) is 26.2 Å². The molecule has 2 rings (SSSR count). The Labute approximate surface area is 132 Å². The predicted molar refractivity (Wildman–Crippen MR) is 88.3 cm³/mol. The Morgan fingerprint density at radius 3 is 2.57 bits per heavy atom. The van der Waals surface area contributed by atoms with Crippen LogP contribution in [-0.2, 0) is 16.4 Å². The third kappa shape index (κ3) is 4.28. The van der Waals surface area contributed by atoms with Gasteiger partial charge in [-0.1, -0.05) is 13.8 Å². The van der Waals surface area contributed by atoms with E-state index in [9.17, 15) is 8.42 Å². The highest BCUT2D eigenvalue weighted by molar-refractivity contribution is 7.91. The molecule has 1 aliphatic heterocycles. The number of piperidine rings is 1. The number of hydrogen-bond donors (Lipinski definition) is 1. The summed E-state index contributed by atoms with van der Waals surface area (Å²) in [6.45, 7) is 7.38. The van der Waals surface area contributed by atoms with Gasteiger partial charge in [0.15, 0.2) is 0 Å². The SMILES string of the molecule is CCCN(CC1CCNCC1)S(=O)(=O)c1ccc(CC)s1. The first-order chi connectivity index (χ1) is 10.1. The average molecular weight is 331 g/mol. The maximum Gasteiger partial charge on any atom is 0.252 e. The monoisotopic (exact) mass is 330 g/mol. The fourth-order valence-electron chi connectivity index (χ4n) is 2.73. The van der Waals surface area contributed by atoms with Gasteiger partial charge in [-0.05, 0) is 56.8 Å². The van der Waals surface area contributed by atoms with Gasteiger partial charge in [0.25, 0.3) is 10.0 Å². The quantitative estimate of drug-likeness (QED) is 0.836. The van der Waals surface area contributed by atoms with Crippen LogP contribution in [-0.4, -0.2) is 38.9 Å². The first kappa shape index (κ1) is 16.9. The van der Waals surface area contributed by atoms with E-state index in [-0.39, 0.29) is 0 Å². The molecule has 0 unspecified atom stereocenters. The molecule has 0 spiro atoms. The van der Waals surface area contributed by atoms with Gasteiger partial charge in [0.05, 0.1) is 0 Å². The van der Waals surface area contributed by atoms with Crippen molar-refractivity contribution < 1.29 is 8.42 Å². The van der Waals surface area contributed by atoms with E-state index in [1.165, 1.54) is 11.3 Å². The van der Waals surface area contributed by atoms with Crippen molar-refractivity contribution in [1.82, 2.24) is 9.62 Å². The van der Waals surface area contributed by atoms with Crippen LogP contribution < -0.4 is 5.32 Å². The Bertz CT molecular complexity index is 534. The molecule has 1 N–H and O–H groups in total. The van der Waals surface area contributed by atoms with Gasteiger partial charge >= 0.3 is 0 Å². The second-order valence-corrected chi connectivity index (χ2v) is 8.96. The van der Waals surface area contributed by atoms with Crippen molar-refractivity contribution in [2.45, 2.75) is 43.7 Å². The van der Waals surface area contributed by atoms with Crippen LogP contribution in [0.1, 0.15) is 38.0 Å². The van der Waals surface area contributed by atoms with Gasteiger partial charge in [-0.15, -0.1) is 11.3 Å². The summed E-state index contributed by atoms with van der Waals surface area (Å²) in [5.74, 6) is 0.484. The van der Waals surface area contributed by atoms with E-state index in [4.69, 9.17) is 0 Å². The molecule has 0 aliphatic carbocycles. The van der Waals surface area contributed by atoms with Crippen LogP contribution in [0.3, 0.4) is 0 Å². The topological polar surface area (TPSA) is 49.4 Å². The van der Waals surface area contributed by atoms with E-state index in [0.29, 0.717) is 23.2 Å². The summed E-state index contributed by atoms with van der Waals surface area (Å²) >= 11 is 1.41. The van der Waals surface area contributed by atoms with Crippen LogP contribution in [0.25, 0.3) is 0 Å². The lowest BCUT2D eigenvalue weighted by molar-refractivity contribution is 0.288. The van der Waals surface area contributed by atoms with Crippen LogP contribution in [0.15, 0.2) is 16.3 Å². The molecule has 1 saturated heterocycles. The van der Waals surface area contributed by atoms with Crippen molar-refractivity contribution in [3.63, 3.8) is 0 Å². The minimum Gasteiger partial charge on any atom is -0.317 e. The first-order valence-electron chi connectivity index (χ1n) is 7.87. The lowest BCUT2D eigenvalue weighted by Gasteiger charge is -2.29. The number of aryl methyl sites for hydroxylation is 1. The third-order valence-corrected chi connectivity index (χ3v) is 7.54. The maximum absolute atomic E-state index is 12.8. The Morgan fingerprint density at radius 2 is 2.00 bits per heavy atom. The number of sulfonamides is 1. The van der Waals surface area contributed by atoms with Crippen molar-refractivity contribution >= 4 is 21.4 Å². The molecular formula is C15H26N2O2S2. The molecule has 0 amide bonds. The Hall–Kier alpha value is -0.430. The Morgan fingerprint density at radius 1 is 1.29 bits per heavy atom. The van der Waals surface area contributed by atoms with Crippen LogP contribution >= 0.6 is 11.3 Å². The normalized spacial score (nSPS) is 17.5. The maximum atomic E-state index is 12.8. The Kier molecular flexibility index (Phi) is 6.22. The molecule has 1 aromatic heterocycles. The highest BCUT2D eigenvalue weighted by Crippen LogP contribution is 2.27. The molecule has 120 valence electrons. The summed E-state index contributed by atoms with van der Waals surface area (Å²) < 4.78 is 27.9. The van der Waals surface area contributed by atoms with Crippen molar-refractivity contribution in [2.24, 2.45) is 5.92 Å². The van der Waals surface area contributed by atoms with Crippen molar-refractivity contribution in [3.8, 4) is 0 Å². The highest BCUT2D eigenvalue weighted by atomic mass is 32.2. The van der Waals surface area contributed by atoms with E-state index < -0.39 is 10.0 Å². The third-order valence-electron chi connectivity index (χ3n) is 3.97. The second-order valence-electron chi connectivity index (χ2n) is 5.63. The van der Waals surface area contributed by atoms with Gasteiger partial charge in [0, 0.05) is 18.0 Å². The summed E-state index contributed by atoms with van der Waals surface area (Å²) in [6, 6.07) is 3.70. The van der Waals surface area contributed by atoms with E-state index in [2.05, 4.69) is 12.2 Å². The molecule has 1 aliphatic rings. The van der Waals surface area contributed by atoms with Gasteiger partial charge in [0.2, 0.25) is 0 Å².